The molecule has 7 nitrogen and oxygen atoms in total. The summed E-state index contributed by atoms with van der Waals surface area (Å²) in [7, 11) is 0. The van der Waals surface area contributed by atoms with Crippen LogP contribution < -0.4 is 16.1 Å². The maximum atomic E-state index is 13.4. The van der Waals surface area contributed by atoms with Crippen molar-refractivity contribution in [2.45, 2.75) is 63.6 Å². The maximum absolute atomic E-state index is 13.4. The number of carbonyl (C=O) groups is 2. The number of nitrogens with zero attached hydrogens (tertiary/aromatic N) is 1. The number of rotatable bonds is 8. The lowest BCUT2D eigenvalue weighted by atomic mass is 10.1. The van der Waals surface area contributed by atoms with E-state index in [0.29, 0.717) is 19.6 Å². The largest absolute Gasteiger partial charge is 0.376 e. The molecule has 0 radical (unpaired) electrons. The molecule has 33 heavy (non-hydrogen) atoms. The van der Waals surface area contributed by atoms with E-state index in [2.05, 4.69) is 10.6 Å². The number of aromatic nitrogens is 1. The number of benzene rings is 1. The lowest BCUT2D eigenvalue weighted by Gasteiger charge is -2.17. The van der Waals surface area contributed by atoms with Crippen molar-refractivity contribution in [1.82, 2.24) is 15.2 Å². The summed E-state index contributed by atoms with van der Waals surface area (Å²) in [6.45, 7) is 1.40. The highest BCUT2D eigenvalue weighted by Crippen LogP contribution is 2.18. The second-order valence-corrected chi connectivity index (χ2v) is 8.84. The molecule has 1 aromatic heterocycles. The predicted molar refractivity (Wildman–Crippen MR) is 122 cm³/mol. The topological polar surface area (TPSA) is 89.4 Å². The van der Waals surface area contributed by atoms with Gasteiger partial charge in [0.2, 0.25) is 5.43 Å². The Balaban J connectivity index is 1.51. The zero-order chi connectivity index (χ0) is 23.2. The molecule has 1 aliphatic carbocycles. The van der Waals surface area contributed by atoms with Gasteiger partial charge in [0.25, 0.3) is 11.8 Å². The third kappa shape index (κ3) is 6.07. The summed E-state index contributed by atoms with van der Waals surface area (Å²) in [6, 6.07) is 6.22. The molecule has 1 unspecified atom stereocenters. The summed E-state index contributed by atoms with van der Waals surface area (Å²) in [4.78, 5) is 38.8. The van der Waals surface area contributed by atoms with Gasteiger partial charge in [0.15, 0.2) is 0 Å². The zero-order valence-corrected chi connectivity index (χ0v) is 18.6. The number of hydrogen-bond acceptors (Lipinski definition) is 4. The molecular weight excluding hydrogens is 425 g/mol. The molecule has 1 atom stereocenters. The van der Waals surface area contributed by atoms with Gasteiger partial charge in [-0.1, -0.05) is 25.0 Å². The first-order valence-electron chi connectivity index (χ1n) is 11.7. The first-order valence-corrected chi connectivity index (χ1v) is 11.7. The normalized spacial score (nSPS) is 18.4. The highest BCUT2D eigenvalue weighted by Gasteiger charge is 2.24. The highest BCUT2D eigenvalue weighted by molar-refractivity contribution is 5.99. The van der Waals surface area contributed by atoms with Crippen molar-refractivity contribution in [3.63, 3.8) is 0 Å². The van der Waals surface area contributed by atoms with Crippen LogP contribution in [0.3, 0.4) is 0 Å². The van der Waals surface area contributed by atoms with Crippen molar-refractivity contribution < 1.29 is 18.7 Å². The summed E-state index contributed by atoms with van der Waals surface area (Å²) in [6.07, 6.45) is 9.21. The monoisotopic (exact) mass is 455 g/mol. The van der Waals surface area contributed by atoms with Gasteiger partial charge < -0.3 is 19.9 Å². The maximum Gasteiger partial charge on any atom is 0.256 e. The first-order chi connectivity index (χ1) is 16.0. The van der Waals surface area contributed by atoms with E-state index in [4.69, 9.17) is 4.74 Å². The standard InChI is InChI=1S/C25H30FN3O4/c26-18-6-3-5-17(13-18)10-11-27-24(31)21-15-29(14-20-9-4-12-33-20)16-22(23(21)30)25(32)28-19-7-1-2-8-19/h3,5-6,13,15-16,19-20H,1-2,4,7-12,14H2,(H,27,31)(H,28,32). The van der Waals surface area contributed by atoms with Crippen LogP contribution in [-0.2, 0) is 17.7 Å². The minimum absolute atomic E-state index is 0.0119. The minimum atomic E-state index is -0.586. The number of hydrogen-bond donors (Lipinski definition) is 2. The molecule has 2 amide bonds. The first kappa shape index (κ1) is 23.2. The third-order valence-corrected chi connectivity index (χ3v) is 6.29. The Kier molecular flexibility index (Phi) is 7.54. The molecule has 1 aliphatic heterocycles. The van der Waals surface area contributed by atoms with Gasteiger partial charge in [-0.2, -0.15) is 0 Å². The molecule has 2 heterocycles. The van der Waals surface area contributed by atoms with Crippen LogP contribution in [0.15, 0.2) is 41.5 Å². The molecule has 2 fully saturated rings. The van der Waals surface area contributed by atoms with Crippen LogP contribution >= 0.6 is 0 Å². The number of halogens is 1. The molecule has 4 rings (SSSR count). The molecule has 8 heteroatoms. The van der Waals surface area contributed by atoms with Crippen molar-refractivity contribution >= 4 is 11.8 Å². The van der Waals surface area contributed by atoms with Crippen LogP contribution in [0.2, 0.25) is 0 Å². The van der Waals surface area contributed by atoms with Crippen LogP contribution in [0.25, 0.3) is 0 Å². The molecular formula is C25H30FN3O4. The Morgan fingerprint density at radius 3 is 2.52 bits per heavy atom. The van der Waals surface area contributed by atoms with Crippen LogP contribution in [0, 0.1) is 5.82 Å². The van der Waals surface area contributed by atoms with Crippen LogP contribution in [-0.4, -0.2) is 41.7 Å². The van der Waals surface area contributed by atoms with Gasteiger partial charge in [0.1, 0.15) is 16.9 Å². The average Bonchev–Trinajstić information content (AvgIpc) is 3.49. The Labute approximate surface area is 192 Å². The molecule has 0 bridgehead atoms. The van der Waals surface area contributed by atoms with Gasteiger partial charge in [0.05, 0.1) is 6.10 Å². The van der Waals surface area contributed by atoms with E-state index in [0.717, 1.165) is 44.1 Å². The Morgan fingerprint density at radius 2 is 1.82 bits per heavy atom. The summed E-state index contributed by atoms with van der Waals surface area (Å²) in [5, 5.41) is 5.67. The number of carbonyl (C=O) groups excluding carboxylic acids is 2. The SMILES string of the molecule is O=C(NCCc1cccc(F)c1)c1cn(CC2CCCO2)cc(C(=O)NC2CCCC2)c1=O. The third-order valence-electron chi connectivity index (χ3n) is 6.29. The van der Waals surface area contributed by atoms with Crippen molar-refractivity contribution in [2.75, 3.05) is 13.2 Å². The van der Waals surface area contributed by atoms with Gasteiger partial charge in [-0.15, -0.1) is 0 Å². The van der Waals surface area contributed by atoms with E-state index in [-0.39, 0.29) is 35.6 Å². The summed E-state index contributed by atoms with van der Waals surface area (Å²) in [5.41, 5.74) is 0.0529. The summed E-state index contributed by atoms with van der Waals surface area (Å²) < 4.78 is 20.8. The predicted octanol–water partition coefficient (Wildman–Crippen LogP) is 2.81. The fourth-order valence-electron chi connectivity index (χ4n) is 4.52. The number of pyridine rings is 1. The van der Waals surface area contributed by atoms with E-state index in [1.165, 1.54) is 24.5 Å². The lowest BCUT2D eigenvalue weighted by molar-refractivity contribution is 0.0919. The summed E-state index contributed by atoms with van der Waals surface area (Å²) in [5.74, 6) is -1.33. The number of ether oxygens (including phenoxy) is 1. The van der Waals surface area contributed by atoms with Crippen molar-refractivity contribution in [3.8, 4) is 0 Å². The fourth-order valence-corrected chi connectivity index (χ4v) is 4.52. The van der Waals surface area contributed by atoms with Gasteiger partial charge >= 0.3 is 0 Å². The van der Waals surface area contributed by atoms with Gasteiger partial charge in [-0.25, -0.2) is 4.39 Å². The van der Waals surface area contributed by atoms with Gasteiger partial charge in [-0.3, -0.25) is 14.4 Å². The van der Waals surface area contributed by atoms with E-state index < -0.39 is 17.2 Å². The van der Waals surface area contributed by atoms with Crippen LogP contribution in [0.5, 0.6) is 0 Å². The second-order valence-electron chi connectivity index (χ2n) is 8.84. The quantitative estimate of drug-likeness (QED) is 0.641. The fraction of sp³-hybridized carbons (Fsp3) is 0.480. The molecule has 1 aromatic carbocycles. The number of nitrogens with one attached hydrogen (secondary N) is 2. The summed E-state index contributed by atoms with van der Waals surface area (Å²) >= 11 is 0. The van der Waals surface area contributed by atoms with E-state index in [1.807, 2.05) is 0 Å². The van der Waals surface area contributed by atoms with Gasteiger partial charge in [-0.05, 0) is 49.8 Å². The van der Waals surface area contributed by atoms with E-state index >= 15 is 0 Å². The molecule has 2 aliphatic rings. The van der Waals surface area contributed by atoms with E-state index in [1.54, 1.807) is 16.7 Å². The Hall–Kier alpha value is -3.00. The van der Waals surface area contributed by atoms with Crippen molar-refractivity contribution in [1.29, 1.82) is 0 Å². The Morgan fingerprint density at radius 1 is 1.06 bits per heavy atom. The van der Waals surface area contributed by atoms with Gasteiger partial charge in [0, 0.05) is 38.1 Å². The van der Waals surface area contributed by atoms with Crippen molar-refractivity contribution in [3.05, 3.63) is 69.4 Å². The van der Waals surface area contributed by atoms with Crippen LogP contribution in [0.1, 0.15) is 64.8 Å². The molecule has 2 aromatic rings. The van der Waals surface area contributed by atoms with Crippen LogP contribution in [0.4, 0.5) is 4.39 Å². The smallest absolute Gasteiger partial charge is 0.256 e. The minimum Gasteiger partial charge on any atom is -0.376 e. The molecule has 2 N–H and O–H groups in total. The molecule has 176 valence electrons. The van der Waals surface area contributed by atoms with E-state index in [9.17, 15) is 18.8 Å². The zero-order valence-electron chi connectivity index (χ0n) is 18.6. The highest BCUT2D eigenvalue weighted by atomic mass is 19.1. The van der Waals surface area contributed by atoms with Crippen molar-refractivity contribution in [2.24, 2.45) is 0 Å². The average molecular weight is 456 g/mol. The number of amides is 2. The Bertz CT molecular complexity index is 1060. The molecule has 1 saturated carbocycles. The lowest BCUT2D eigenvalue weighted by Crippen LogP contribution is -2.39. The molecule has 0 spiro atoms. The molecule has 1 saturated heterocycles. The second kappa shape index (κ2) is 10.7.